The molecule has 0 aromatic rings. The molecule has 1 rings (SSSR count). The van der Waals surface area contributed by atoms with Gasteiger partial charge in [0.1, 0.15) is 0 Å². The summed E-state index contributed by atoms with van der Waals surface area (Å²) in [6, 6.07) is 0. The SMILES string of the molecule is O=S1OC=NO1.[Cl][Ru]([Cl])[Cl]. The van der Waals surface area contributed by atoms with Crippen LogP contribution in [0.15, 0.2) is 5.16 Å². The van der Waals surface area contributed by atoms with Crippen LogP contribution in [0.25, 0.3) is 0 Å². The Labute approximate surface area is 77.3 Å². The van der Waals surface area contributed by atoms with Gasteiger partial charge in [0.05, 0.1) is 0 Å². The van der Waals surface area contributed by atoms with Gasteiger partial charge < -0.3 is 4.18 Å². The van der Waals surface area contributed by atoms with Crippen LogP contribution in [-0.2, 0) is 32.8 Å². The Hall–Kier alpha value is 0.913. The molecule has 0 amide bonds. The molecule has 0 aliphatic carbocycles. The number of hydrogen-bond donors (Lipinski definition) is 0. The Kier molecular flexibility index (Phi) is 7.22. The Balaban J connectivity index is 0.000000180. The zero-order chi connectivity index (χ0) is 7.98. The molecule has 0 aromatic carbocycles. The van der Waals surface area contributed by atoms with Crippen LogP contribution in [0.5, 0.6) is 0 Å². The summed E-state index contributed by atoms with van der Waals surface area (Å²) in [4.78, 5) is 0. The molecule has 0 radical (unpaired) electrons. The molecule has 1 unspecified atom stereocenters. The first kappa shape index (κ1) is 10.9. The third kappa shape index (κ3) is 8.91. The van der Waals surface area contributed by atoms with Crippen molar-refractivity contribution in [2.75, 3.05) is 0 Å². The molecule has 0 spiro atoms. The first-order valence-electron chi connectivity index (χ1n) is 1.58. The van der Waals surface area contributed by atoms with Gasteiger partial charge in [-0.25, -0.2) is 0 Å². The third-order valence-electron chi connectivity index (χ3n) is 0.269. The van der Waals surface area contributed by atoms with E-state index in [0.717, 1.165) is 6.40 Å². The molecule has 0 fully saturated rings. The second kappa shape index (κ2) is 6.61. The zero-order valence-corrected chi connectivity index (χ0v) is 8.97. The van der Waals surface area contributed by atoms with Crippen LogP contribution < -0.4 is 0 Å². The fourth-order valence-corrected chi connectivity index (χ4v) is 0.369. The minimum atomic E-state index is -1.75. The molecule has 4 nitrogen and oxygen atoms in total. The van der Waals surface area contributed by atoms with E-state index in [1.165, 1.54) is 0 Å². The summed E-state index contributed by atoms with van der Waals surface area (Å²) in [5.41, 5.74) is 0. The van der Waals surface area contributed by atoms with Gasteiger partial charge in [0.25, 0.3) is 0 Å². The number of halogens is 3. The number of oxime groups is 1. The summed E-state index contributed by atoms with van der Waals surface area (Å²) < 4.78 is 17.9. The van der Waals surface area contributed by atoms with E-state index in [1.54, 1.807) is 0 Å². The van der Waals surface area contributed by atoms with Gasteiger partial charge in [0, 0.05) is 0 Å². The summed E-state index contributed by atoms with van der Waals surface area (Å²) in [6.45, 7) is 0. The van der Waals surface area contributed by atoms with E-state index < -0.39 is 24.3 Å². The van der Waals surface area contributed by atoms with Crippen LogP contribution in [0.4, 0.5) is 0 Å². The van der Waals surface area contributed by atoms with E-state index in [4.69, 9.17) is 29.1 Å². The summed E-state index contributed by atoms with van der Waals surface area (Å²) >= 11 is -3.40. The molecule has 0 aromatic heterocycles. The van der Waals surface area contributed by atoms with Crippen LogP contribution in [0, 0.1) is 0 Å². The average molecular weight is 315 g/mol. The van der Waals surface area contributed by atoms with E-state index in [1.807, 2.05) is 0 Å². The Morgan fingerprint density at radius 2 is 2.00 bits per heavy atom. The minimum absolute atomic E-state index is 0.982. The van der Waals surface area contributed by atoms with Crippen molar-refractivity contribution >= 4 is 46.8 Å². The monoisotopic (exact) mass is 314 g/mol. The van der Waals surface area contributed by atoms with Crippen LogP contribution in [-0.4, -0.2) is 10.6 Å². The van der Waals surface area contributed by atoms with Crippen LogP contribution in [0.3, 0.4) is 0 Å². The molecule has 1 atom stereocenters. The van der Waals surface area contributed by atoms with Crippen molar-refractivity contribution in [2.24, 2.45) is 5.16 Å². The van der Waals surface area contributed by atoms with Crippen molar-refractivity contribution in [2.45, 2.75) is 0 Å². The summed E-state index contributed by atoms with van der Waals surface area (Å²) in [7, 11) is 14.8. The molecule has 10 heavy (non-hydrogen) atoms. The molecule has 1 aliphatic rings. The predicted molar refractivity (Wildman–Crippen MR) is 36.4 cm³/mol. The van der Waals surface area contributed by atoms with E-state index in [0.29, 0.717) is 0 Å². The van der Waals surface area contributed by atoms with Gasteiger partial charge in [0.2, 0.25) is 6.40 Å². The Bertz CT molecular complexity index is 129. The van der Waals surface area contributed by atoms with Crippen molar-refractivity contribution in [3.8, 4) is 0 Å². The van der Waals surface area contributed by atoms with Gasteiger partial charge in [-0.3, -0.25) is 4.28 Å². The predicted octanol–water partition coefficient (Wildman–Crippen LogP) is 1.62. The molecule has 63 valence electrons. The van der Waals surface area contributed by atoms with Crippen LogP contribution >= 0.6 is 29.1 Å². The van der Waals surface area contributed by atoms with Gasteiger partial charge in [-0.2, -0.15) is 4.21 Å². The quantitative estimate of drug-likeness (QED) is 0.638. The van der Waals surface area contributed by atoms with Crippen molar-refractivity contribution in [3.63, 3.8) is 0 Å². The van der Waals surface area contributed by atoms with Gasteiger partial charge in [-0.15, -0.1) is 0 Å². The van der Waals surface area contributed by atoms with Crippen molar-refractivity contribution in [1.29, 1.82) is 0 Å². The molecule has 1 aliphatic heterocycles. The van der Waals surface area contributed by atoms with Crippen molar-refractivity contribution in [3.05, 3.63) is 0 Å². The maximum absolute atomic E-state index is 9.78. The molecule has 1 heterocycles. The van der Waals surface area contributed by atoms with E-state index in [2.05, 4.69) is 13.6 Å². The van der Waals surface area contributed by atoms with E-state index in [9.17, 15) is 4.21 Å². The van der Waals surface area contributed by atoms with Gasteiger partial charge in [-0.1, -0.05) is 0 Å². The molecule has 9 heteroatoms. The Morgan fingerprint density at radius 1 is 1.50 bits per heavy atom. The van der Waals surface area contributed by atoms with Gasteiger partial charge in [0.15, 0.2) is 0 Å². The van der Waals surface area contributed by atoms with Crippen molar-refractivity contribution < 1.29 is 25.7 Å². The van der Waals surface area contributed by atoms with Crippen LogP contribution in [0.2, 0.25) is 0 Å². The molecule has 0 bridgehead atoms. The molecule has 0 saturated heterocycles. The fourth-order valence-electron chi connectivity index (χ4n) is 0.123. The first-order valence-corrected chi connectivity index (χ1v) is 9.29. The molecular weight excluding hydrogens is 314 g/mol. The fraction of sp³-hybridized carbons (Fsp3) is 0. The molecule has 0 N–H and O–H groups in total. The number of nitrogens with zero attached hydrogens (tertiary/aromatic N) is 1. The standard InChI is InChI=1S/CHNO3S.3ClH.Ru/c3-6-4-1-2-5-6;;;;/h1H;3*1H;/q;;;;+3/p-3. The van der Waals surface area contributed by atoms with Crippen molar-refractivity contribution in [1.82, 2.24) is 0 Å². The van der Waals surface area contributed by atoms with E-state index in [-0.39, 0.29) is 0 Å². The van der Waals surface area contributed by atoms with E-state index >= 15 is 0 Å². The first-order chi connectivity index (χ1) is 4.63. The zero-order valence-electron chi connectivity index (χ0n) is 4.15. The maximum atomic E-state index is 9.78. The number of hydrogen-bond acceptors (Lipinski definition) is 4. The number of rotatable bonds is 0. The van der Waals surface area contributed by atoms with Crippen LogP contribution in [0.1, 0.15) is 0 Å². The third-order valence-corrected chi connectivity index (χ3v) is 0.720. The second-order valence-electron chi connectivity index (χ2n) is 0.737. The topological polar surface area (TPSA) is 47.9 Å². The molecule has 0 saturated carbocycles. The Morgan fingerprint density at radius 3 is 2.10 bits per heavy atom. The van der Waals surface area contributed by atoms with Gasteiger partial charge in [-0.05, 0) is 5.16 Å². The second-order valence-corrected chi connectivity index (χ2v) is 9.40. The summed E-state index contributed by atoms with van der Waals surface area (Å²) in [5, 5.41) is 3.02. The normalized spacial score (nSPS) is 21.9. The summed E-state index contributed by atoms with van der Waals surface area (Å²) in [5.74, 6) is 0. The van der Waals surface area contributed by atoms with Gasteiger partial charge >= 0.3 is 53.4 Å². The summed E-state index contributed by atoms with van der Waals surface area (Å²) in [6.07, 6.45) is 0.982. The molecular formula is CHCl3NO3RuS. The average Bonchev–Trinajstić information content (AvgIpc) is 2.15.